The number of nitrogens with one attached hydrogen (secondary N) is 1. The minimum Gasteiger partial charge on any atom is -0.391 e. The van der Waals surface area contributed by atoms with Gasteiger partial charge in [-0.3, -0.25) is 18.7 Å². The third kappa shape index (κ3) is 4.01. The quantitative estimate of drug-likeness (QED) is 0.355. The van der Waals surface area contributed by atoms with E-state index >= 15 is 0 Å². The average molecular weight is 496 g/mol. The summed E-state index contributed by atoms with van der Waals surface area (Å²) >= 11 is 0. The van der Waals surface area contributed by atoms with Crippen LogP contribution in [0.2, 0.25) is 0 Å². The lowest BCUT2D eigenvalue weighted by Gasteiger charge is -2.34. The van der Waals surface area contributed by atoms with Gasteiger partial charge < -0.3 is 24.7 Å². The Morgan fingerprint density at radius 2 is 1.97 bits per heavy atom. The Labute approximate surface area is 205 Å². The molecule has 0 saturated carbocycles. The number of aromatic nitrogens is 6. The highest BCUT2D eigenvalue weighted by Crippen LogP contribution is 2.33. The molecule has 5 rings (SSSR count). The van der Waals surface area contributed by atoms with Crippen LogP contribution in [0.3, 0.4) is 0 Å². The first-order chi connectivity index (χ1) is 17.1. The Morgan fingerprint density at radius 3 is 2.72 bits per heavy atom. The lowest BCUT2D eigenvalue weighted by atomic mass is 9.92. The number of rotatable bonds is 4. The molecule has 36 heavy (non-hydrogen) atoms. The summed E-state index contributed by atoms with van der Waals surface area (Å²) in [4.78, 5) is 51.7. The maximum atomic E-state index is 13.1. The molecule has 1 saturated heterocycles. The Morgan fingerprint density at radius 1 is 1.22 bits per heavy atom. The van der Waals surface area contributed by atoms with Gasteiger partial charge in [0, 0.05) is 33.5 Å². The van der Waals surface area contributed by atoms with Crippen LogP contribution in [0, 0.1) is 0 Å². The fourth-order valence-electron chi connectivity index (χ4n) is 5.11. The largest absolute Gasteiger partial charge is 0.391 e. The predicted octanol–water partition coefficient (Wildman–Crippen LogP) is -0.172. The normalized spacial score (nSPS) is 22.9. The summed E-state index contributed by atoms with van der Waals surface area (Å²) < 4.78 is 3.77. The molecule has 0 bridgehead atoms. The molecule has 3 N–H and O–H groups in total. The second-order valence-electron chi connectivity index (χ2n) is 9.77. The molecule has 12 heteroatoms. The SMILES string of the molecule is Cn1c(=O)c2c(ncn2[C@@H]2C[C@@H](O)CN(C(=O)CCc3nc4ccccc4[nH]3)C[C@@]2(C)O)n(C)c1=O. The number of β-amino-alcohol motifs (C(OH)–C–C–N with tert-alkyl or cyclic N) is 2. The van der Waals surface area contributed by atoms with Gasteiger partial charge in [0.1, 0.15) is 11.4 Å². The Bertz CT molecular complexity index is 1540. The molecular formula is C24H29N7O5. The minimum atomic E-state index is -1.49. The molecule has 1 amide bonds. The number of hydrogen-bond acceptors (Lipinski definition) is 7. The molecule has 3 aromatic heterocycles. The molecule has 1 aliphatic heterocycles. The van der Waals surface area contributed by atoms with Crippen LogP contribution in [0.4, 0.5) is 0 Å². The van der Waals surface area contributed by atoms with Crippen molar-refractivity contribution >= 4 is 28.1 Å². The van der Waals surface area contributed by atoms with E-state index in [9.17, 15) is 24.6 Å². The lowest BCUT2D eigenvalue weighted by Crippen LogP contribution is -2.47. The number of carbonyl (C=O) groups is 1. The van der Waals surface area contributed by atoms with Crippen molar-refractivity contribution < 1.29 is 15.0 Å². The van der Waals surface area contributed by atoms with Gasteiger partial charge in [-0.25, -0.2) is 14.8 Å². The second-order valence-corrected chi connectivity index (χ2v) is 9.77. The van der Waals surface area contributed by atoms with Crippen molar-refractivity contribution in [1.82, 2.24) is 33.6 Å². The first-order valence-electron chi connectivity index (χ1n) is 11.8. The van der Waals surface area contributed by atoms with E-state index in [4.69, 9.17) is 0 Å². The topological polar surface area (TPSA) is 151 Å². The van der Waals surface area contributed by atoms with Crippen LogP contribution in [-0.2, 0) is 25.3 Å². The molecule has 190 valence electrons. The molecule has 0 unspecified atom stereocenters. The van der Waals surface area contributed by atoms with Crippen LogP contribution >= 0.6 is 0 Å². The molecule has 3 atom stereocenters. The van der Waals surface area contributed by atoms with Crippen molar-refractivity contribution in [1.29, 1.82) is 0 Å². The van der Waals surface area contributed by atoms with Crippen LogP contribution in [0.25, 0.3) is 22.2 Å². The number of hydrogen-bond donors (Lipinski definition) is 3. The van der Waals surface area contributed by atoms with E-state index in [1.54, 1.807) is 6.92 Å². The number of aromatic amines is 1. The Kier molecular flexibility index (Phi) is 5.80. The van der Waals surface area contributed by atoms with Crippen molar-refractivity contribution in [3.63, 3.8) is 0 Å². The zero-order valence-corrected chi connectivity index (χ0v) is 20.4. The Hall–Kier alpha value is -3.77. The van der Waals surface area contributed by atoms with Gasteiger partial charge in [-0.15, -0.1) is 0 Å². The summed E-state index contributed by atoms with van der Waals surface area (Å²) in [6.07, 6.45) is 1.10. The molecule has 12 nitrogen and oxygen atoms in total. The molecule has 1 fully saturated rings. The first-order valence-corrected chi connectivity index (χ1v) is 11.8. The number of aliphatic hydroxyl groups is 2. The average Bonchev–Trinajstić information content (AvgIpc) is 3.44. The van der Waals surface area contributed by atoms with E-state index in [-0.39, 0.29) is 43.0 Å². The van der Waals surface area contributed by atoms with Crippen molar-refractivity contribution in [2.75, 3.05) is 13.1 Å². The molecule has 1 aliphatic rings. The predicted molar refractivity (Wildman–Crippen MR) is 131 cm³/mol. The molecule has 0 spiro atoms. The third-order valence-electron chi connectivity index (χ3n) is 7.03. The van der Waals surface area contributed by atoms with Crippen LogP contribution in [-0.4, -0.2) is 74.5 Å². The maximum absolute atomic E-state index is 13.1. The Balaban J connectivity index is 1.40. The second kappa shape index (κ2) is 8.71. The standard InChI is InChI=1S/C24H29N7O5/c1-24(36)12-30(19(33)9-8-18-26-15-6-4-5-7-16(15)27-18)11-14(32)10-17(24)31-13-25-21-20(31)22(34)29(3)23(35)28(21)2/h4-7,13-14,17,32,36H,8-12H2,1-3H3,(H,26,27)/t14-,17-,24-/m1/s1. The number of fused-ring (bicyclic) bond motifs is 2. The van der Waals surface area contributed by atoms with Crippen LogP contribution < -0.4 is 11.2 Å². The van der Waals surface area contributed by atoms with Gasteiger partial charge in [0.2, 0.25) is 5.91 Å². The van der Waals surface area contributed by atoms with Crippen molar-refractivity contribution in [2.45, 2.75) is 43.9 Å². The van der Waals surface area contributed by atoms with Gasteiger partial charge in [-0.2, -0.15) is 0 Å². The highest BCUT2D eigenvalue weighted by Gasteiger charge is 2.42. The van der Waals surface area contributed by atoms with Gasteiger partial charge in [-0.1, -0.05) is 12.1 Å². The van der Waals surface area contributed by atoms with Crippen molar-refractivity contribution in [3.8, 4) is 0 Å². The lowest BCUT2D eigenvalue weighted by molar-refractivity contribution is -0.135. The number of H-pyrrole nitrogens is 1. The van der Waals surface area contributed by atoms with Gasteiger partial charge in [0.25, 0.3) is 5.56 Å². The maximum Gasteiger partial charge on any atom is 0.332 e. The zero-order valence-electron chi connectivity index (χ0n) is 20.4. The zero-order chi connectivity index (χ0) is 25.8. The number of imidazole rings is 2. The van der Waals surface area contributed by atoms with Gasteiger partial charge in [0.15, 0.2) is 11.2 Å². The molecule has 0 radical (unpaired) electrons. The van der Waals surface area contributed by atoms with Crippen molar-refractivity contribution in [2.24, 2.45) is 14.1 Å². The molecule has 4 aromatic rings. The van der Waals surface area contributed by atoms with Crippen molar-refractivity contribution in [3.05, 3.63) is 57.3 Å². The van der Waals surface area contributed by atoms with E-state index in [1.807, 2.05) is 24.3 Å². The van der Waals surface area contributed by atoms with Gasteiger partial charge >= 0.3 is 5.69 Å². The highest BCUT2D eigenvalue weighted by atomic mass is 16.3. The summed E-state index contributed by atoms with van der Waals surface area (Å²) in [6, 6.07) is 6.86. The number of likely N-dealkylation sites (tertiary alicyclic amines) is 1. The fourth-order valence-corrected chi connectivity index (χ4v) is 5.11. The summed E-state index contributed by atoms with van der Waals surface area (Å²) in [6.45, 7) is 1.59. The van der Waals surface area contributed by atoms with E-state index in [1.165, 1.54) is 34.5 Å². The summed E-state index contributed by atoms with van der Waals surface area (Å²) in [5, 5.41) is 22.3. The molecule has 4 heterocycles. The first kappa shape index (κ1) is 23.9. The fraction of sp³-hybridized carbons (Fsp3) is 0.458. The number of nitrogens with zero attached hydrogens (tertiary/aromatic N) is 6. The van der Waals surface area contributed by atoms with E-state index < -0.39 is 29.0 Å². The number of aliphatic hydroxyl groups excluding tert-OH is 1. The highest BCUT2D eigenvalue weighted by molar-refractivity contribution is 5.77. The van der Waals surface area contributed by atoms with Gasteiger partial charge in [-0.05, 0) is 25.5 Å². The monoisotopic (exact) mass is 495 g/mol. The number of amides is 1. The number of benzene rings is 1. The molecule has 0 aliphatic carbocycles. The third-order valence-corrected chi connectivity index (χ3v) is 7.03. The van der Waals surface area contributed by atoms with Crippen LogP contribution in [0.5, 0.6) is 0 Å². The van der Waals surface area contributed by atoms with E-state index in [2.05, 4.69) is 15.0 Å². The number of aryl methyl sites for hydroxylation is 2. The van der Waals surface area contributed by atoms with Crippen LogP contribution in [0.1, 0.15) is 31.6 Å². The number of carbonyl (C=O) groups excluding carboxylic acids is 1. The van der Waals surface area contributed by atoms with E-state index in [0.717, 1.165) is 15.6 Å². The molecule has 1 aromatic carbocycles. The minimum absolute atomic E-state index is 0.0422. The summed E-state index contributed by atoms with van der Waals surface area (Å²) in [5.41, 5.74) is -0.470. The van der Waals surface area contributed by atoms with Gasteiger partial charge in [0.05, 0.1) is 36.1 Å². The number of para-hydroxylation sites is 2. The summed E-state index contributed by atoms with van der Waals surface area (Å²) in [7, 11) is 2.90. The summed E-state index contributed by atoms with van der Waals surface area (Å²) in [5.74, 6) is 0.472. The smallest absolute Gasteiger partial charge is 0.332 e. The van der Waals surface area contributed by atoms with E-state index in [0.29, 0.717) is 12.2 Å². The van der Waals surface area contributed by atoms with Crippen LogP contribution in [0.15, 0.2) is 40.2 Å². The molecular weight excluding hydrogens is 466 g/mol.